The lowest BCUT2D eigenvalue weighted by molar-refractivity contribution is -0.158. The van der Waals surface area contributed by atoms with Crippen molar-refractivity contribution in [3.63, 3.8) is 0 Å². The second-order valence-corrected chi connectivity index (χ2v) is 51.1. The van der Waals surface area contributed by atoms with Gasteiger partial charge in [0.2, 0.25) is 0 Å². The Morgan fingerprint density at radius 3 is 1.20 bits per heavy atom. The standard InChI is InChI=1S/C37H69N7O8Si2.C24H46N6O4Si2.C13H23NO5/c1-13-53(14-2,15-3)51-29-27(23-43(21-22-45)20-19-26(34(46)49-36(7,8)9)42-35(47)50-37(10,11)12)48-33(30(29)52-54(16-4,17-5)18-6)44-25-41-28-31(38)39-24-40-32(28)44;1-7-35(8-2,9-3)33-20-18(15-26-13-14-31)32-24(21(20)34-36(10-4,11-5)12-6)30-17-29-19-22(25)27-16-28-23(19)30;1-12(2,3)18-10(16)9(7-8-15)14-11(17)19-13(4,5)6/h24-27,29-30,33,45H,13-23H2,1-12H3,(H,42,47)(H2,38,39,40);16-18,20-21,24,26,31H,7-15H2,1-6H3,(H2,25,27,28);8-9H,7H2,1-6H3,(H,14,17)/t26-,27+,29?,30+,33+;18-,20?,21+,24-;9-/m010/s1. The highest BCUT2D eigenvalue weighted by atomic mass is 28.4. The molecule has 2 aliphatic heterocycles. The van der Waals surface area contributed by atoms with Crippen LogP contribution in [-0.4, -0.2) is 235 Å². The van der Waals surface area contributed by atoms with E-state index in [1.165, 1.54) is 12.7 Å². The van der Waals surface area contributed by atoms with Crippen molar-refractivity contribution in [2.75, 3.05) is 57.4 Å². The molecular weight excluding hydrogens is 1470 g/mol. The molecule has 2 fully saturated rings. The first kappa shape index (κ1) is 95.7. The van der Waals surface area contributed by atoms with Gasteiger partial charge in [0.1, 0.15) is 101 Å². The molecule has 0 saturated carbocycles. The lowest BCUT2D eigenvalue weighted by atomic mass is 10.1. The van der Waals surface area contributed by atoms with E-state index in [4.69, 9.17) is 57.6 Å². The Labute approximate surface area is 652 Å². The first-order chi connectivity index (χ1) is 51.1. The minimum Gasteiger partial charge on any atom is -0.458 e. The summed E-state index contributed by atoms with van der Waals surface area (Å²) in [6.45, 7) is 49.5. The van der Waals surface area contributed by atoms with E-state index in [2.05, 4.69) is 129 Å². The predicted molar refractivity (Wildman–Crippen MR) is 432 cm³/mol. The average molecular weight is 1610 g/mol. The zero-order chi connectivity index (χ0) is 82.1. The predicted octanol–water partition coefficient (Wildman–Crippen LogP) is 11.5. The number of nitrogens with two attached hydrogens (primary N) is 2. The first-order valence-corrected chi connectivity index (χ1v) is 49.7. The summed E-state index contributed by atoms with van der Waals surface area (Å²) < 4.78 is 68.1. The lowest BCUT2D eigenvalue weighted by Crippen LogP contribution is -2.53. The van der Waals surface area contributed by atoms with Crippen molar-refractivity contribution >= 4 is 97.6 Å². The van der Waals surface area contributed by atoms with Crippen LogP contribution in [0.25, 0.3) is 22.3 Å². The number of carbonyl (C=O) groups is 5. The number of hydrogen-bond acceptors (Lipinski definition) is 27. The zero-order valence-electron chi connectivity index (χ0n) is 70.2. The summed E-state index contributed by atoms with van der Waals surface area (Å²) in [6.07, 6.45) is 2.14. The smallest absolute Gasteiger partial charge is 0.408 e. The molecule has 4 aromatic rings. The maximum atomic E-state index is 13.4. The summed E-state index contributed by atoms with van der Waals surface area (Å²) in [5.74, 6) is -0.606. The number of aromatic nitrogens is 8. The summed E-state index contributed by atoms with van der Waals surface area (Å²) in [5, 5.41) is 28.0. The quantitative estimate of drug-likeness (QED) is 0.00717. The van der Waals surface area contributed by atoms with Gasteiger partial charge >= 0.3 is 24.1 Å². The summed E-state index contributed by atoms with van der Waals surface area (Å²) in [7, 11) is -8.49. The fourth-order valence-electron chi connectivity index (χ4n) is 13.5. The van der Waals surface area contributed by atoms with Crippen LogP contribution in [0.3, 0.4) is 0 Å². The third-order valence-electron chi connectivity index (χ3n) is 20.5. The number of nitrogens with one attached hydrogen (secondary N) is 3. The number of hydrogen-bond donors (Lipinski definition) is 7. The third kappa shape index (κ3) is 27.8. The number of fused-ring (bicyclic) bond motifs is 2. The maximum absolute atomic E-state index is 13.4. The number of nitrogens with zero attached hydrogens (tertiary/aromatic N) is 9. The van der Waals surface area contributed by atoms with Gasteiger partial charge in [0.05, 0.1) is 25.9 Å². The Bertz CT molecular complexity index is 3390. The minimum atomic E-state index is -2.24. The Kier molecular flexibility index (Phi) is 37.7. The molecule has 6 heterocycles. The molecule has 2 saturated heterocycles. The van der Waals surface area contributed by atoms with Crippen LogP contribution in [0.1, 0.15) is 191 Å². The van der Waals surface area contributed by atoms with Gasteiger partial charge in [0.15, 0.2) is 68.7 Å². The second-order valence-electron chi connectivity index (χ2n) is 32.2. The summed E-state index contributed by atoms with van der Waals surface area (Å²) >= 11 is 0. The van der Waals surface area contributed by atoms with Gasteiger partial charge in [-0.1, -0.05) is 83.1 Å². The number of rotatable bonds is 39. The van der Waals surface area contributed by atoms with Gasteiger partial charge in [0, 0.05) is 39.1 Å². The molecule has 2 aliphatic rings. The van der Waals surface area contributed by atoms with Gasteiger partial charge < -0.3 is 88.6 Å². The Hall–Kier alpha value is -5.68. The normalized spacial score (nSPS) is 20.1. The van der Waals surface area contributed by atoms with Crippen LogP contribution >= 0.6 is 0 Å². The molecule has 35 heteroatoms. The van der Waals surface area contributed by atoms with Crippen LogP contribution in [-0.2, 0) is 60.5 Å². The van der Waals surface area contributed by atoms with Crippen molar-refractivity contribution < 1.29 is 80.3 Å². The molecule has 4 aromatic heterocycles. The van der Waals surface area contributed by atoms with Crippen LogP contribution in [0, 0.1) is 0 Å². The van der Waals surface area contributed by atoms with Crippen LogP contribution < -0.4 is 27.4 Å². The number of amides is 2. The SMILES string of the molecule is CC(C)(C)OC(=O)N[C@@H](CC=O)C(=O)OC(C)(C)C.CC[Si](CC)(CC)OC1[C@@H](CNCCO)O[C@@H](n2cnc3c(N)ncnc32)[C@H]1O[Si](CC)(CC)CC.CC[Si](CC)(CC)OC1[C@@H](O[Si](CC)(CC)CC)[C@H](n2cnc3c(N)ncnc32)O[C@@H]1CN(CCO)CC[C@H](NC(=O)OC(C)(C)C)C(=O)OC(C)(C)C. The molecule has 0 spiro atoms. The van der Waals surface area contributed by atoms with Crippen molar-refractivity contribution in [1.82, 2.24) is 59.9 Å². The summed E-state index contributed by atoms with van der Waals surface area (Å²) in [6, 6.07) is 9.80. The number of alkyl carbamates (subject to hydrolysis) is 2. The van der Waals surface area contributed by atoms with E-state index in [0.717, 1.165) is 72.5 Å². The monoisotopic (exact) mass is 1610 g/mol. The number of nitrogen functional groups attached to an aromatic ring is 2. The van der Waals surface area contributed by atoms with E-state index in [0.29, 0.717) is 67.2 Å². The minimum absolute atomic E-state index is 0.0685. The summed E-state index contributed by atoms with van der Waals surface area (Å²) in [4.78, 5) is 88.6. The summed E-state index contributed by atoms with van der Waals surface area (Å²) in [5.41, 5.74) is 11.7. The highest BCUT2D eigenvalue weighted by molar-refractivity contribution is 6.75. The number of aldehydes is 1. The highest BCUT2D eigenvalue weighted by Gasteiger charge is 2.55. The maximum Gasteiger partial charge on any atom is 0.408 e. The molecule has 622 valence electrons. The van der Waals surface area contributed by atoms with Crippen molar-refractivity contribution in [2.45, 2.75) is 335 Å². The van der Waals surface area contributed by atoms with E-state index in [1.807, 2.05) is 14.0 Å². The first-order valence-electron chi connectivity index (χ1n) is 39.5. The fourth-order valence-corrected chi connectivity index (χ4v) is 24.9. The number of imidazole rings is 2. The van der Waals surface area contributed by atoms with Crippen molar-refractivity contribution in [3.8, 4) is 0 Å². The largest absolute Gasteiger partial charge is 0.458 e. The van der Waals surface area contributed by atoms with Gasteiger partial charge in [-0.2, -0.15) is 0 Å². The molecule has 6 rings (SSSR count). The van der Waals surface area contributed by atoms with Gasteiger partial charge in [-0.15, -0.1) is 0 Å². The molecule has 9 N–H and O–H groups in total. The number of aliphatic hydroxyl groups excluding tert-OH is 2. The number of anilines is 2. The molecule has 109 heavy (non-hydrogen) atoms. The second kappa shape index (κ2) is 43.0. The Morgan fingerprint density at radius 1 is 0.505 bits per heavy atom. The van der Waals surface area contributed by atoms with E-state index < -0.39 is 123 Å². The molecular formula is C74H138N14O17Si4. The number of carbonyl (C=O) groups excluding carboxylic acids is 5. The van der Waals surface area contributed by atoms with Gasteiger partial charge in [0.25, 0.3) is 0 Å². The molecule has 2 unspecified atom stereocenters. The molecule has 0 bridgehead atoms. The number of aliphatic hydroxyl groups is 2. The third-order valence-corrected chi connectivity index (χ3v) is 39.0. The Balaban J connectivity index is 0.000000389. The molecule has 2 amide bonds. The van der Waals surface area contributed by atoms with Crippen molar-refractivity contribution in [3.05, 3.63) is 25.3 Å². The van der Waals surface area contributed by atoms with Gasteiger partial charge in [-0.3, -0.25) is 14.0 Å². The van der Waals surface area contributed by atoms with Gasteiger partial charge in [-0.05, 0) is 162 Å². The van der Waals surface area contributed by atoms with Crippen LogP contribution in [0.4, 0.5) is 21.2 Å². The van der Waals surface area contributed by atoms with E-state index >= 15 is 0 Å². The van der Waals surface area contributed by atoms with E-state index in [-0.39, 0.29) is 50.2 Å². The van der Waals surface area contributed by atoms with Crippen LogP contribution in [0.2, 0.25) is 72.5 Å². The van der Waals surface area contributed by atoms with Crippen molar-refractivity contribution in [1.29, 1.82) is 0 Å². The molecule has 10 atom stereocenters. The van der Waals surface area contributed by atoms with Crippen molar-refractivity contribution in [2.24, 2.45) is 0 Å². The zero-order valence-corrected chi connectivity index (χ0v) is 74.2. The number of ether oxygens (including phenoxy) is 6. The van der Waals surface area contributed by atoms with Gasteiger partial charge in [-0.25, -0.2) is 49.1 Å². The molecule has 31 nitrogen and oxygen atoms in total. The molecule has 0 aromatic carbocycles. The Morgan fingerprint density at radius 2 is 0.853 bits per heavy atom. The molecule has 0 radical (unpaired) electrons. The fraction of sp³-hybridized carbons (Fsp3) is 0.797. The topological polar surface area (TPSA) is 397 Å². The van der Waals surface area contributed by atoms with E-state index in [1.54, 1.807) is 95.7 Å². The molecule has 0 aliphatic carbocycles. The van der Waals surface area contributed by atoms with E-state index in [9.17, 15) is 34.2 Å². The average Bonchev–Trinajstić information content (AvgIpc) is 1.61. The van der Waals surface area contributed by atoms with Crippen LogP contribution in [0.5, 0.6) is 0 Å². The van der Waals surface area contributed by atoms with Crippen LogP contribution in [0.15, 0.2) is 25.3 Å². The number of esters is 2. The highest BCUT2D eigenvalue weighted by Crippen LogP contribution is 2.44. The lowest BCUT2D eigenvalue weighted by Gasteiger charge is -2.40.